The second-order valence-corrected chi connectivity index (χ2v) is 7.34. The Bertz CT molecular complexity index is 579. The first kappa shape index (κ1) is 16.0. The van der Waals surface area contributed by atoms with Crippen molar-refractivity contribution in [1.29, 1.82) is 0 Å². The van der Waals surface area contributed by atoms with Gasteiger partial charge in [0.1, 0.15) is 15.7 Å². The van der Waals surface area contributed by atoms with Crippen molar-refractivity contribution in [3.63, 3.8) is 0 Å². The van der Waals surface area contributed by atoms with E-state index < -0.39 is 16.0 Å². The van der Waals surface area contributed by atoms with Crippen molar-refractivity contribution in [3.05, 3.63) is 17.0 Å². The summed E-state index contributed by atoms with van der Waals surface area (Å²) in [7, 11) is -2.42. The van der Waals surface area contributed by atoms with Crippen LogP contribution in [0, 0.1) is 0 Å². The molecule has 0 amide bonds. The van der Waals surface area contributed by atoms with E-state index in [1.54, 1.807) is 6.92 Å². The Labute approximate surface area is 121 Å². The van der Waals surface area contributed by atoms with Gasteiger partial charge in [0.15, 0.2) is 0 Å². The average Bonchev–Trinajstić information content (AvgIpc) is 2.78. The number of thiocarbonyl (C=S) groups is 1. The van der Waals surface area contributed by atoms with E-state index in [-0.39, 0.29) is 22.3 Å². The van der Waals surface area contributed by atoms with E-state index in [0.29, 0.717) is 4.88 Å². The fourth-order valence-corrected chi connectivity index (χ4v) is 3.90. The molecular weight excluding hydrogens is 308 g/mol. The van der Waals surface area contributed by atoms with Gasteiger partial charge in [0, 0.05) is 7.05 Å². The number of hydrogen-bond acceptors (Lipinski definition) is 6. The van der Waals surface area contributed by atoms with Crippen LogP contribution >= 0.6 is 23.6 Å². The van der Waals surface area contributed by atoms with Crippen molar-refractivity contribution in [1.82, 2.24) is 4.31 Å². The molecule has 19 heavy (non-hydrogen) atoms. The lowest BCUT2D eigenvalue weighted by molar-refractivity contribution is -0.143. The van der Waals surface area contributed by atoms with Crippen LogP contribution in [0.3, 0.4) is 0 Å². The van der Waals surface area contributed by atoms with Crippen LogP contribution in [0.4, 0.5) is 0 Å². The molecule has 0 atom stereocenters. The third-order valence-electron chi connectivity index (χ3n) is 2.15. The maximum absolute atomic E-state index is 12.2. The van der Waals surface area contributed by atoms with Gasteiger partial charge in [0.2, 0.25) is 0 Å². The maximum Gasteiger partial charge on any atom is 0.321 e. The van der Waals surface area contributed by atoms with Gasteiger partial charge in [-0.25, -0.2) is 8.42 Å². The molecule has 0 fully saturated rings. The second kappa shape index (κ2) is 6.42. The summed E-state index contributed by atoms with van der Waals surface area (Å²) in [6.07, 6.45) is 0. The smallest absolute Gasteiger partial charge is 0.321 e. The standard InChI is InChI=1S/C10H14N2O4S3/c1-3-16-8(13)6-12(2)19(14,15)9-5-4-7(18-9)10(11)17/h4-5H,3,6H2,1-2H3,(H2,11,17). The number of rotatable bonds is 6. The lowest BCUT2D eigenvalue weighted by atomic mass is 10.5. The van der Waals surface area contributed by atoms with Gasteiger partial charge in [-0.1, -0.05) is 12.2 Å². The number of carbonyl (C=O) groups excluding carboxylic acids is 1. The minimum atomic E-state index is -3.73. The summed E-state index contributed by atoms with van der Waals surface area (Å²) in [5, 5.41) is 0. The molecule has 0 bridgehead atoms. The molecule has 0 unspecified atom stereocenters. The monoisotopic (exact) mass is 322 g/mol. The first-order chi connectivity index (χ1) is 8.78. The lowest BCUT2D eigenvalue weighted by Gasteiger charge is -2.14. The Morgan fingerprint density at radius 2 is 2.16 bits per heavy atom. The number of carbonyl (C=O) groups is 1. The second-order valence-electron chi connectivity index (χ2n) is 3.55. The Morgan fingerprint density at radius 1 is 1.53 bits per heavy atom. The maximum atomic E-state index is 12.2. The van der Waals surface area contributed by atoms with Gasteiger partial charge in [-0.2, -0.15) is 4.31 Å². The molecule has 106 valence electrons. The number of hydrogen-bond donors (Lipinski definition) is 1. The number of sulfonamides is 1. The predicted molar refractivity (Wildman–Crippen MR) is 76.7 cm³/mol. The van der Waals surface area contributed by atoms with E-state index in [1.807, 2.05) is 0 Å². The molecule has 0 radical (unpaired) electrons. The fraction of sp³-hybridized carbons (Fsp3) is 0.400. The molecule has 0 aromatic carbocycles. The van der Waals surface area contributed by atoms with Crippen LogP contribution in [-0.4, -0.2) is 43.9 Å². The third kappa shape index (κ3) is 3.96. The molecule has 1 aromatic heterocycles. The zero-order valence-electron chi connectivity index (χ0n) is 10.5. The summed E-state index contributed by atoms with van der Waals surface area (Å²) >= 11 is 5.74. The zero-order valence-corrected chi connectivity index (χ0v) is 12.9. The lowest BCUT2D eigenvalue weighted by Crippen LogP contribution is -2.32. The third-order valence-corrected chi connectivity index (χ3v) is 5.88. The number of thiophene rings is 1. The van der Waals surface area contributed by atoms with E-state index >= 15 is 0 Å². The molecule has 1 rings (SSSR count). The van der Waals surface area contributed by atoms with Gasteiger partial charge in [0.25, 0.3) is 10.0 Å². The van der Waals surface area contributed by atoms with E-state index in [4.69, 9.17) is 22.7 Å². The molecule has 2 N–H and O–H groups in total. The minimum Gasteiger partial charge on any atom is -0.465 e. The Morgan fingerprint density at radius 3 is 2.63 bits per heavy atom. The highest BCUT2D eigenvalue weighted by molar-refractivity contribution is 7.91. The SMILES string of the molecule is CCOC(=O)CN(C)S(=O)(=O)c1ccc(C(N)=S)s1. The predicted octanol–water partition coefficient (Wildman–Crippen LogP) is 0.566. The van der Waals surface area contributed by atoms with Gasteiger partial charge in [-0.15, -0.1) is 11.3 Å². The molecule has 1 aromatic rings. The fourth-order valence-electron chi connectivity index (χ4n) is 1.22. The van der Waals surface area contributed by atoms with Crippen LogP contribution in [0.15, 0.2) is 16.3 Å². The van der Waals surface area contributed by atoms with Crippen LogP contribution in [0.2, 0.25) is 0 Å². The van der Waals surface area contributed by atoms with Crippen LogP contribution < -0.4 is 5.73 Å². The molecule has 6 nitrogen and oxygen atoms in total. The number of likely N-dealkylation sites (N-methyl/N-ethyl adjacent to an activating group) is 1. The molecule has 0 aliphatic rings. The molecule has 9 heteroatoms. The normalized spacial score (nSPS) is 11.5. The van der Waals surface area contributed by atoms with Crippen molar-refractivity contribution >= 4 is 44.5 Å². The highest BCUT2D eigenvalue weighted by Gasteiger charge is 2.25. The van der Waals surface area contributed by atoms with E-state index in [2.05, 4.69) is 0 Å². The zero-order chi connectivity index (χ0) is 14.6. The van der Waals surface area contributed by atoms with Crippen molar-refractivity contribution in [3.8, 4) is 0 Å². The summed E-state index contributed by atoms with van der Waals surface area (Å²) in [5.41, 5.74) is 5.43. The van der Waals surface area contributed by atoms with Gasteiger partial charge in [-0.05, 0) is 19.1 Å². The Kier molecular flexibility index (Phi) is 5.41. The molecule has 0 aliphatic carbocycles. The molecular formula is C10H14N2O4S3. The number of esters is 1. The summed E-state index contributed by atoms with van der Waals surface area (Å²) < 4.78 is 30.0. The summed E-state index contributed by atoms with van der Waals surface area (Å²) in [6.45, 7) is 1.52. The summed E-state index contributed by atoms with van der Waals surface area (Å²) in [6, 6.07) is 2.95. The molecule has 0 spiro atoms. The molecule has 1 heterocycles. The van der Waals surface area contributed by atoms with Crippen LogP contribution in [0.5, 0.6) is 0 Å². The van der Waals surface area contributed by atoms with Gasteiger partial charge >= 0.3 is 5.97 Å². The van der Waals surface area contributed by atoms with E-state index in [9.17, 15) is 13.2 Å². The van der Waals surface area contributed by atoms with E-state index in [1.165, 1.54) is 19.2 Å². The summed E-state index contributed by atoms with van der Waals surface area (Å²) in [5.74, 6) is -0.597. The summed E-state index contributed by atoms with van der Waals surface area (Å²) in [4.78, 5) is 11.9. The molecule has 0 saturated heterocycles. The highest BCUT2D eigenvalue weighted by Crippen LogP contribution is 2.24. The largest absolute Gasteiger partial charge is 0.465 e. The quantitative estimate of drug-likeness (QED) is 0.608. The van der Waals surface area contributed by atoms with Gasteiger partial charge in [0.05, 0.1) is 11.5 Å². The number of nitrogens with two attached hydrogens (primary N) is 1. The van der Waals surface area contributed by atoms with E-state index in [0.717, 1.165) is 15.6 Å². The van der Waals surface area contributed by atoms with Crippen LogP contribution in [-0.2, 0) is 19.6 Å². The minimum absolute atomic E-state index is 0.0853. The highest BCUT2D eigenvalue weighted by atomic mass is 32.2. The Balaban J connectivity index is 2.90. The average molecular weight is 322 g/mol. The Hall–Kier alpha value is -1.03. The van der Waals surface area contributed by atoms with Crippen molar-refractivity contribution in [2.24, 2.45) is 5.73 Å². The van der Waals surface area contributed by atoms with Crippen LogP contribution in [0.25, 0.3) is 0 Å². The van der Waals surface area contributed by atoms with Crippen molar-refractivity contribution in [2.45, 2.75) is 11.1 Å². The van der Waals surface area contributed by atoms with Gasteiger partial charge < -0.3 is 10.5 Å². The first-order valence-electron chi connectivity index (χ1n) is 5.30. The van der Waals surface area contributed by atoms with Crippen LogP contribution in [0.1, 0.15) is 11.8 Å². The molecule has 0 aliphatic heterocycles. The first-order valence-corrected chi connectivity index (χ1v) is 7.97. The van der Waals surface area contributed by atoms with Gasteiger partial charge in [-0.3, -0.25) is 4.79 Å². The number of ether oxygens (including phenoxy) is 1. The molecule has 0 saturated carbocycles. The number of nitrogens with zero attached hydrogens (tertiary/aromatic N) is 1. The van der Waals surface area contributed by atoms with Crippen molar-refractivity contribution in [2.75, 3.05) is 20.2 Å². The van der Waals surface area contributed by atoms with Crippen molar-refractivity contribution < 1.29 is 17.9 Å². The topological polar surface area (TPSA) is 89.7 Å².